The quantitative estimate of drug-likeness (QED) is 0.758. The molecule has 1 aromatic heterocycles. The van der Waals surface area contributed by atoms with Crippen LogP contribution in [0.15, 0.2) is 37.2 Å². The number of rotatable bonds is 5. The Bertz CT molecular complexity index is 738. The number of hydrogen-bond donors (Lipinski definition) is 0. The smallest absolute Gasteiger partial charge is 0.312 e. The molecule has 4 nitrogen and oxygen atoms in total. The van der Waals surface area contributed by atoms with Crippen LogP contribution < -0.4 is 0 Å². The molecule has 24 heavy (non-hydrogen) atoms. The fraction of sp³-hybridized carbons (Fsp3) is 0.400. The van der Waals surface area contributed by atoms with E-state index < -0.39 is 5.41 Å². The predicted octanol–water partition coefficient (Wildman–Crippen LogP) is 4.53. The Hall–Kier alpha value is -2.36. The molecule has 4 heteroatoms. The van der Waals surface area contributed by atoms with E-state index in [1.165, 1.54) is 11.1 Å². The van der Waals surface area contributed by atoms with Gasteiger partial charge in [0.25, 0.3) is 0 Å². The maximum absolute atomic E-state index is 12.0. The van der Waals surface area contributed by atoms with Gasteiger partial charge in [0.1, 0.15) is 5.82 Å². The Balaban J connectivity index is 2.23. The third kappa shape index (κ3) is 3.94. The lowest BCUT2D eigenvalue weighted by Gasteiger charge is -2.20. The van der Waals surface area contributed by atoms with Crippen molar-refractivity contribution in [3.63, 3.8) is 0 Å². The van der Waals surface area contributed by atoms with Gasteiger partial charge in [-0.05, 0) is 44.4 Å². The highest BCUT2D eigenvalue weighted by Gasteiger charge is 2.24. The molecule has 1 heterocycles. The second kappa shape index (κ2) is 7.04. The number of hydrogen-bond acceptors (Lipinski definition) is 3. The summed E-state index contributed by atoms with van der Waals surface area (Å²) in [6, 6.07) is 6.28. The summed E-state index contributed by atoms with van der Waals surface area (Å²) in [5.41, 5.74) is 2.97. The van der Waals surface area contributed by atoms with Gasteiger partial charge in [-0.2, -0.15) is 0 Å². The summed E-state index contributed by atoms with van der Waals surface area (Å²) in [4.78, 5) is 16.5. The first kappa shape index (κ1) is 18.0. The van der Waals surface area contributed by atoms with Gasteiger partial charge in [0.15, 0.2) is 6.73 Å². The number of ether oxygens (including phenoxy) is 1. The monoisotopic (exact) mass is 326 g/mol. The van der Waals surface area contributed by atoms with Crippen molar-refractivity contribution in [2.45, 2.75) is 47.3 Å². The van der Waals surface area contributed by atoms with Crippen LogP contribution in [0, 0.1) is 12.3 Å². The summed E-state index contributed by atoms with van der Waals surface area (Å²) >= 11 is 0. The van der Waals surface area contributed by atoms with Crippen LogP contribution in [-0.4, -0.2) is 15.5 Å². The second-order valence-corrected chi connectivity index (χ2v) is 7.11. The summed E-state index contributed by atoms with van der Waals surface area (Å²) in [6.07, 6.45) is 5.42. The lowest BCUT2D eigenvalue weighted by molar-refractivity contribution is -0.157. The van der Waals surface area contributed by atoms with Gasteiger partial charge < -0.3 is 9.30 Å². The summed E-state index contributed by atoms with van der Waals surface area (Å²) in [5, 5.41) is 0. The van der Waals surface area contributed by atoms with Gasteiger partial charge >= 0.3 is 5.97 Å². The molecule has 0 saturated carbocycles. The summed E-state index contributed by atoms with van der Waals surface area (Å²) in [6.45, 7) is 13.7. The van der Waals surface area contributed by atoms with Gasteiger partial charge in [-0.3, -0.25) is 4.79 Å². The van der Waals surface area contributed by atoms with Gasteiger partial charge in [0.2, 0.25) is 0 Å². The molecule has 0 saturated heterocycles. The molecule has 0 aliphatic carbocycles. The molecule has 1 atom stereocenters. The zero-order chi connectivity index (χ0) is 17.9. The Kier molecular flexibility index (Phi) is 5.27. The van der Waals surface area contributed by atoms with E-state index in [-0.39, 0.29) is 18.6 Å². The van der Waals surface area contributed by atoms with Crippen LogP contribution in [0.5, 0.6) is 0 Å². The first-order valence-corrected chi connectivity index (χ1v) is 8.15. The molecule has 0 aliphatic heterocycles. The van der Waals surface area contributed by atoms with Crippen molar-refractivity contribution < 1.29 is 9.53 Å². The minimum Gasteiger partial charge on any atom is -0.443 e. The van der Waals surface area contributed by atoms with E-state index >= 15 is 0 Å². The number of esters is 1. The van der Waals surface area contributed by atoms with E-state index in [9.17, 15) is 4.79 Å². The number of nitrogens with zero attached hydrogens (tertiary/aromatic N) is 2. The number of aryl methyl sites for hydroxylation is 1. The Morgan fingerprint density at radius 3 is 2.75 bits per heavy atom. The third-order valence-corrected chi connectivity index (χ3v) is 4.09. The second-order valence-electron chi connectivity index (χ2n) is 7.11. The van der Waals surface area contributed by atoms with Crippen LogP contribution in [-0.2, 0) is 16.3 Å². The highest BCUT2D eigenvalue weighted by atomic mass is 16.5. The van der Waals surface area contributed by atoms with Gasteiger partial charge in [0, 0.05) is 18.3 Å². The van der Waals surface area contributed by atoms with E-state index in [1.54, 1.807) is 6.20 Å². The van der Waals surface area contributed by atoms with Crippen molar-refractivity contribution in [3.05, 3.63) is 59.7 Å². The fourth-order valence-corrected chi connectivity index (χ4v) is 2.55. The number of carbonyl (C=O) groups excluding carboxylic acids is 1. The number of carbonyl (C=O) groups is 1. The predicted molar refractivity (Wildman–Crippen MR) is 96.6 cm³/mol. The molecule has 0 spiro atoms. The number of imidazole rings is 1. The summed E-state index contributed by atoms with van der Waals surface area (Å²) in [5.74, 6) is 0.744. The van der Waals surface area contributed by atoms with Gasteiger partial charge in [-0.25, -0.2) is 4.98 Å². The van der Waals surface area contributed by atoms with Crippen LogP contribution in [0.3, 0.4) is 0 Å². The van der Waals surface area contributed by atoms with E-state index in [1.807, 2.05) is 37.6 Å². The Morgan fingerprint density at radius 1 is 1.42 bits per heavy atom. The molecule has 0 aliphatic rings. The molecule has 1 aromatic carbocycles. The average molecular weight is 326 g/mol. The molecule has 0 N–H and O–H groups in total. The van der Waals surface area contributed by atoms with Gasteiger partial charge in [0.05, 0.1) is 5.41 Å². The third-order valence-electron chi connectivity index (χ3n) is 4.09. The standard InChI is InChI=1S/C20H26N2O2/c1-7-16-9-8-14(2)17(12-16)15(3)18-21-10-11-22(18)13-24-19(23)20(4,5)6/h7-12,15H,1,13H2,2-6H3. The lowest BCUT2D eigenvalue weighted by atomic mass is 9.93. The maximum Gasteiger partial charge on any atom is 0.312 e. The highest BCUT2D eigenvalue weighted by Crippen LogP contribution is 2.27. The highest BCUT2D eigenvalue weighted by molar-refractivity contribution is 5.75. The van der Waals surface area contributed by atoms with Crippen LogP contribution in [0.2, 0.25) is 0 Å². The van der Waals surface area contributed by atoms with Crippen molar-refractivity contribution in [3.8, 4) is 0 Å². The minimum atomic E-state index is -0.513. The van der Waals surface area contributed by atoms with Gasteiger partial charge in [-0.1, -0.05) is 37.8 Å². The molecule has 2 rings (SSSR count). The van der Waals surface area contributed by atoms with E-state index in [2.05, 4.69) is 43.6 Å². The zero-order valence-corrected chi connectivity index (χ0v) is 15.2. The summed E-state index contributed by atoms with van der Waals surface area (Å²) in [7, 11) is 0. The van der Waals surface area contributed by atoms with Crippen LogP contribution in [0.4, 0.5) is 0 Å². The lowest BCUT2D eigenvalue weighted by Crippen LogP contribution is -2.24. The molecular formula is C20H26N2O2. The molecule has 0 bridgehead atoms. The van der Waals surface area contributed by atoms with Crippen molar-refractivity contribution in [1.29, 1.82) is 0 Å². The van der Waals surface area contributed by atoms with E-state index in [0.29, 0.717) is 0 Å². The normalized spacial score (nSPS) is 12.7. The molecule has 0 fully saturated rings. The van der Waals surface area contributed by atoms with Crippen LogP contribution >= 0.6 is 0 Å². The zero-order valence-electron chi connectivity index (χ0n) is 15.2. The molecule has 2 aromatic rings. The van der Waals surface area contributed by atoms with Gasteiger partial charge in [-0.15, -0.1) is 0 Å². The fourth-order valence-electron chi connectivity index (χ4n) is 2.55. The van der Waals surface area contributed by atoms with E-state index in [4.69, 9.17) is 4.74 Å². The van der Waals surface area contributed by atoms with Crippen molar-refractivity contribution in [2.24, 2.45) is 5.41 Å². The summed E-state index contributed by atoms with van der Waals surface area (Å²) < 4.78 is 7.30. The molecular weight excluding hydrogens is 300 g/mol. The topological polar surface area (TPSA) is 44.1 Å². The molecule has 128 valence electrons. The first-order valence-electron chi connectivity index (χ1n) is 8.15. The minimum absolute atomic E-state index is 0.0910. The number of benzene rings is 1. The molecule has 0 radical (unpaired) electrons. The van der Waals surface area contributed by atoms with Crippen LogP contribution in [0.25, 0.3) is 6.08 Å². The van der Waals surface area contributed by atoms with Crippen LogP contribution in [0.1, 0.15) is 56.1 Å². The molecule has 1 unspecified atom stereocenters. The largest absolute Gasteiger partial charge is 0.443 e. The maximum atomic E-state index is 12.0. The Morgan fingerprint density at radius 2 is 2.12 bits per heavy atom. The first-order chi connectivity index (χ1) is 11.2. The number of aromatic nitrogens is 2. The SMILES string of the molecule is C=Cc1ccc(C)c(C(C)c2nccn2COC(=O)C(C)(C)C)c1. The van der Waals surface area contributed by atoms with E-state index in [0.717, 1.165) is 11.4 Å². The average Bonchev–Trinajstić information content (AvgIpc) is 3.00. The Labute approximate surface area is 144 Å². The van der Waals surface area contributed by atoms with Crippen molar-refractivity contribution >= 4 is 12.0 Å². The van der Waals surface area contributed by atoms with Crippen molar-refractivity contribution in [1.82, 2.24) is 9.55 Å². The van der Waals surface area contributed by atoms with Crippen molar-refractivity contribution in [2.75, 3.05) is 0 Å². The molecule has 0 amide bonds.